The summed E-state index contributed by atoms with van der Waals surface area (Å²) in [5.74, 6) is 0.721. The lowest BCUT2D eigenvalue weighted by Crippen LogP contribution is -2.08. The fraction of sp³-hybridized carbons (Fsp3) is 0.308. The molecule has 1 heterocycles. The predicted octanol–water partition coefficient (Wildman–Crippen LogP) is 3.66. The molecule has 1 fully saturated rings. The molecule has 1 aromatic heterocycles. The van der Waals surface area contributed by atoms with Gasteiger partial charge in [0.15, 0.2) is 0 Å². The average molecular weight is 230 g/mol. The van der Waals surface area contributed by atoms with E-state index in [-0.39, 0.29) is 0 Å². The summed E-state index contributed by atoms with van der Waals surface area (Å²) < 4.78 is 0. The molecule has 0 bridgehead atoms. The summed E-state index contributed by atoms with van der Waals surface area (Å²) in [5, 5.41) is 3.32. The van der Waals surface area contributed by atoms with Gasteiger partial charge < -0.3 is 5.73 Å². The van der Waals surface area contributed by atoms with Crippen molar-refractivity contribution in [3.63, 3.8) is 0 Å². The highest BCUT2D eigenvalue weighted by Crippen LogP contribution is 2.38. The van der Waals surface area contributed by atoms with Crippen LogP contribution in [0.5, 0.6) is 0 Å². The van der Waals surface area contributed by atoms with Crippen molar-refractivity contribution in [2.75, 3.05) is 5.73 Å². The van der Waals surface area contributed by atoms with E-state index in [0.29, 0.717) is 0 Å². The Morgan fingerprint density at radius 1 is 1.19 bits per heavy atom. The van der Waals surface area contributed by atoms with Crippen LogP contribution in [0.3, 0.4) is 0 Å². The summed E-state index contributed by atoms with van der Waals surface area (Å²) in [7, 11) is 0. The van der Waals surface area contributed by atoms with Crippen molar-refractivity contribution in [2.45, 2.75) is 25.2 Å². The van der Waals surface area contributed by atoms with Crippen LogP contribution in [0.15, 0.2) is 29.6 Å². The van der Waals surface area contributed by atoms with Crippen LogP contribution in [0.25, 0.3) is 10.6 Å². The van der Waals surface area contributed by atoms with Crippen molar-refractivity contribution in [2.24, 2.45) is 0 Å². The topological polar surface area (TPSA) is 38.9 Å². The molecule has 2 aromatic rings. The summed E-state index contributed by atoms with van der Waals surface area (Å²) in [4.78, 5) is 4.71. The Balaban J connectivity index is 1.88. The van der Waals surface area contributed by atoms with Crippen molar-refractivity contribution in [3.05, 3.63) is 35.3 Å². The minimum atomic E-state index is 0.721. The molecule has 0 unspecified atom stereocenters. The number of hydrogen-bond donors (Lipinski definition) is 1. The number of thiazole rings is 1. The quantitative estimate of drug-likeness (QED) is 0.800. The number of anilines is 1. The van der Waals surface area contributed by atoms with Gasteiger partial charge in [-0.3, -0.25) is 0 Å². The molecule has 3 rings (SSSR count). The van der Waals surface area contributed by atoms with Gasteiger partial charge in [-0.1, -0.05) is 6.42 Å². The Morgan fingerprint density at radius 3 is 2.56 bits per heavy atom. The molecule has 2 N–H and O–H groups in total. The van der Waals surface area contributed by atoms with Gasteiger partial charge in [0.2, 0.25) is 0 Å². The fourth-order valence-corrected chi connectivity index (χ4v) is 2.84. The number of nitrogens with two attached hydrogens (primary N) is 1. The average Bonchev–Trinajstić information content (AvgIpc) is 2.65. The first kappa shape index (κ1) is 9.85. The van der Waals surface area contributed by atoms with Crippen molar-refractivity contribution < 1.29 is 0 Å². The molecule has 0 saturated heterocycles. The first-order valence-electron chi connectivity index (χ1n) is 5.64. The van der Waals surface area contributed by atoms with E-state index in [1.165, 1.54) is 30.5 Å². The highest BCUT2D eigenvalue weighted by molar-refractivity contribution is 7.13. The SMILES string of the molecule is Nc1ccc(-c2nc(C3CCC3)cs2)cc1. The maximum Gasteiger partial charge on any atom is 0.123 e. The van der Waals surface area contributed by atoms with Gasteiger partial charge in [0, 0.05) is 22.5 Å². The molecule has 0 spiro atoms. The third kappa shape index (κ3) is 1.71. The first-order chi connectivity index (χ1) is 7.83. The van der Waals surface area contributed by atoms with E-state index in [2.05, 4.69) is 5.38 Å². The van der Waals surface area contributed by atoms with Gasteiger partial charge in [0.05, 0.1) is 5.69 Å². The molecule has 0 amide bonds. The minimum Gasteiger partial charge on any atom is -0.399 e. The van der Waals surface area contributed by atoms with Crippen molar-refractivity contribution in [1.82, 2.24) is 4.98 Å². The van der Waals surface area contributed by atoms with Gasteiger partial charge in [-0.2, -0.15) is 0 Å². The predicted molar refractivity (Wildman–Crippen MR) is 68.6 cm³/mol. The van der Waals surface area contributed by atoms with Gasteiger partial charge in [0.25, 0.3) is 0 Å². The van der Waals surface area contributed by atoms with E-state index in [4.69, 9.17) is 10.7 Å². The summed E-state index contributed by atoms with van der Waals surface area (Å²) in [6.45, 7) is 0. The third-order valence-electron chi connectivity index (χ3n) is 3.20. The van der Waals surface area contributed by atoms with Gasteiger partial charge in [-0.25, -0.2) is 4.98 Å². The van der Waals surface area contributed by atoms with Gasteiger partial charge in [0.1, 0.15) is 5.01 Å². The van der Waals surface area contributed by atoms with E-state index in [1.54, 1.807) is 11.3 Å². The molecular weight excluding hydrogens is 216 g/mol. The van der Waals surface area contributed by atoms with Crippen LogP contribution in [-0.2, 0) is 0 Å². The molecule has 3 heteroatoms. The second-order valence-corrected chi connectivity index (χ2v) is 5.19. The summed E-state index contributed by atoms with van der Waals surface area (Å²) in [6.07, 6.45) is 3.98. The van der Waals surface area contributed by atoms with E-state index in [0.717, 1.165) is 16.6 Å². The third-order valence-corrected chi connectivity index (χ3v) is 4.11. The van der Waals surface area contributed by atoms with Crippen LogP contribution < -0.4 is 5.73 Å². The zero-order valence-electron chi connectivity index (χ0n) is 9.02. The van der Waals surface area contributed by atoms with Crippen LogP contribution >= 0.6 is 11.3 Å². The standard InChI is InChI=1S/C13H14N2S/c14-11-6-4-10(5-7-11)13-15-12(8-16-13)9-2-1-3-9/h4-9H,1-3,14H2. The summed E-state index contributed by atoms with van der Waals surface area (Å²) >= 11 is 1.73. The van der Waals surface area contributed by atoms with Crippen molar-refractivity contribution >= 4 is 17.0 Å². The molecule has 1 aromatic carbocycles. The number of nitrogen functional groups attached to an aromatic ring is 1. The Labute approximate surface area is 99.1 Å². The van der Waals surface area contributed by atoms with Crippen LogP contribution in [0.2, 0.25) is 0 Å². The number of rotatable bonds is 2. The maximum absolute atomic E-state index is 5.67. The number of nitrogens with zero attached hydrogens (tertiary/aromatic N) is 1. The Morgan fingerprint density at radius 2 is 1.94 bits per heavy atom. The highest BCUT2D eigenvalue weighted by Gasteiger charge is 2.22. The Hall–Kier alpha value is -1.35. The lowest BCUT2D eigenvalue weighted by Gasteiger charge is -2.22. The second-order valence-electron chi connectivity index (χ2n) is 4.33. The van der Waals surface area contributed by atoms with Gasteiger partial charge in [-0.15, -0.1) is 11.3 Å². The minimum absolute atomic E-state index is 0.721. The largest absolute Gasteiger partial charge is 0.399 e. The van der Waals surface area contributed by atoms with E-state index in [1.807, 2.05) is 24.3 Å². The summed E-state index contributed by atoms with van der Waals surface area (Å²) in [5.41, 5.74) is 8.93. The van der Waals surface area contributed by atoms with E-state index >= 15 is 0 Å². The van der Waals surface area contributed by atoms with Crippen LogP contribution in [-0.4, -0.2) is 4.98 Å². The molecule has 0 aliphatic heterocycles. The number of benzene rings is 1. The highest BCUT2D eigenvalue weighted by atomic mass is 32.1. The van der Waals surface area contributed by atoms with Gasteiger partial charge in [-0.05, 0) is 37.1 Å². The fourth-order valence-electron chi connectivity index (χ4n) is 1.94. The molecule has 1 saturated carbocycles. The molecule has 1 aliphatic carbocycles. The van der Waals surface area contributed by atoms with Crippen LogP contribution in [0, 0.1) is 0 Å². The summed E-state index contributed by atoms with van der Waals surface area (Å²) in [6, 6.07) is 7.94. The van der Waals surface area contributed by atoms with Crippen molar-refractivity contribution in [1.29, 1.82) is 0 Å². The molecule has 16 heavy (non-hydrogen) atoms. The second kappa shape index (κ2) is 3.91. The zero-order valence-corrected chi connectivity index (χ0v) is 9.83. The normalized spacial score (nSPS) is 16.0. The molecule has 0 atom stereocenters. The zero-order chi connectivity index (χ0) is 11.0. The Kier molecular flexibility index (Phi) is 2.40. The van der Waals surface area contributed by atoms with Gasteiger partial charge >= 0.3 is 0 Å². The lowest BCUT2D eigenvalue weighted by atomic mass is 9.83. The number of aromatic nitrogens is 1. The Bertz CT molecular complexity index is 483. The lowest BCUT2D eigenvalue weighted by molar-refractivity contribution is 0.413. The van der Waals surface area contributed by atoms with Crippen molar-refractivity contribution in [3.8, 4) is 10.6 Å². The monoisotopic (exact) mass is 230 g/mol. The molecule has 0 radical (unpaired) electrons. The molecular formula is C13H14N2S. The van der Waals surface area contributed by atoms with Crippen LogP contribution in [0.4, 0.5) is 5.69 Å². The smallest absolute Gasteiger partial charge is 0.123 e. The number of hydrogen-bond acceptors (Lipinski definition) is 3. The first-order valence-corrected chi connectivity index (χ1v) is 6.52. The van der Waals surface area contributed by atoms with E-state index in [9.17, 15) is 0 Å². The van der Waals surface area contributed by atoms with Crippen LogP contribution in [0.1, 0.15) is 30.9 Å². The van der Waals surface area contributed by atoms with E-state index < -0.39 is 0 Å². The molecule has 82 valence electrons. The maximum atomic E-state index is 5.67. The molecule has 2 nitrogen and oxygen atoms in total. The molecule has 1 aliphatic rings.